The van der Waals surface area contributed by atoms with Crippen molar-refractivity contribution in [1.82, 2.24) is 14.9 Å². The molecule has 1 fully saturated rings. The summed E-state index contributed by atoms with van der Waals surface area (Å²) < 4.78 is 5.52. The molecule has 0 unspecified atom stereocenters. The van der Waals surface area contributed by atoms with E-state index in [9.17, 15) is 4.79 Å². The maximum atomic E-state index is 12.2. The number of rotatable bonds is 5. The number of amides is 1. The SMILES string of the molecule is O=C(COCc1ccccc1)N1CCN(c2ncccn2)CC1. The lowest BCUT2D eigenvalue weighted by Gasteiger charge is -2.34. The van der Waals surface area contributed by atoms with Gasteiger partial charge in [0.2, 0.25) is 11.9 Å². The zero-order chi connectivity index (χ0) is 15.9. The third-order valence-electron chi connectivity index (χ3n) is 3.80. The Morgan fingerprint density at radius 3 is 2.39 bits per heavy atom. The molecule has 0 aliphatic carbocycles. The molecule has 1 amide bonds. The van der Waals surface area contributed by atoms with Crippen LogP contribution in [-0.4, -0.2) is 53.6 Å². The Morgan fingerprint density at radius 1 is 1.00 bits per heavy atom. The molecule has 3 rings (SSSR count). The fraction of sp³-hybridized carbons (Fsp3) is 0.353. The molecule has 0 N–H and O–H groups in total. The van der Waals surface area contributed by atoms with Gasteiger partial charge in [-0.1, -0.05) is 30.3 Å². The lowest BCUT2D eigenvalue weighted by atomic mass is 10.2. The standard InChI is InChI=1S/C17H20N4O2/c22-16(14-23-13-15-5-2-1-3-6-15)20-9-11-21(12-10-20)17-18-7-4-8-19-17/h1-8H,9-14H2. The number of nitrogens with zero attached hydrogens (tertiary/aromatic N) is 4. The second kappa shape index (κ2) is 7.69. The Labute approximate surface area is 135 Å². The molecule has 0 saturated carbocycles. The summed E-state index contributed by atoms with van der Waals surface area (Å²) in [6.07, 6.45) is 3.47. The summed E-state index contributed by atoms with van der Waals surface area (Å²) in [5.41, 5.74) is 1.08. The monoisotopic (exact) mass is 312 g/mol. The average molecular weight is 312 g/mol. The summed E-state index contributed by atoms with van der Waals surface area (Å²) in [6, 6.07) is 11.7. The van der Waals surface area contributed by atoms with Crippen LogP contribution in [0.1, 0.15) is 5.56 Å². The number of carbonyl (C=O) groups is 1. The van der Waals surface area contributed by atoms with Gasteiger partial charge in [0.1, 0.15) is 6.61 Å². The number of aromatic nitrogens is 2. The maximum Gasteiger partial charge on any atom is 0.248 e. The van der Waals surface area contributed by atoms with Crippen LogP contribution in [0.3, 0.4) is 0 Å². The number of piperazine rings is 1. The highest BCUT2D eigenvalue weighted by Crippen LogP contribution is 2.10. The Kier molecular flexibility index (Phi) is 5.16. The predicted molar refractivity (Wildman–Crippen MR) is 86.9 cm³/mol. The van der Waals surface area contributed by atoms with Gasteiger partial charge in [-0.25, -0.2) is 9.97 Å². The molecular formula is C17H20N4O2. The number of anilines is 1. The second-order valence-corrected chi connectivity index (χ2v) is 5.40. The summed E-state index contributed by atoms with van der Waals surface area (Å²) in [7, 11) is 0. The maximum absolute atomic E-state index is 12.2. The van der Waals surface area contributed by atoms with Crippen molar-refractivity contribution < 1.29 is 9.53 Å². The fourth-order valence-corrected chi connectivity index (χ4v) is 2.53. The van der Waals surface area contributed by atoms with Crippen LogP contribution in [0.15, 0.2) is 48.8 Å². The van der Waals surface area contributed by atoms with Crippen molar-refractivity contribution >= 4 is 11.9 Å². The van der Waals surface area contributed by atoms with Gasteiger partial charge in [-0.2, -0.15) is 0 Å². The zero-order valence-corrected chi connectivity index (χ0v) is 13.0. The van der Waals surface area contributed by atoms with E-state index in [1.165, 1.54) is 0 Å². The van der Waals surface area contributed by atoms with Crippen LogP contribution in [0.4, 0.5) is 5.95 Å². The van der Waals surface area contributed by atoms with Gasteiger partial charge in [-0.3, -0.25) is 4.79 Å². The van der Waals surface area contributed by atoms with Crippen molar-refractivity contribution in [2.24, 2.45) is 0 Å². The molecule has 1 saturated heterocycles. The first kappa shape index (κ1) is 15.4. The smallest absolute Gasteiger partial charge is 0.248 e. The van der Waals surface area contributed by atoms with Gasteiger partial charge in [-0.05, 0) is 11.6 Å². The largest absolute Gasteiger partial charge is 0.367 e. The van der Waals surface area contributed by atoms with Gasteiger partial charge >= 0.3 is 0 Å². The van der Waals surface area contributed by atoms with Crippen molar-refractivity contribution in [3.63, 3.8) is 0 Å². The van der Waals surface area contributed by atoms with Gasteiger partial charge in [0.15, 0.2) is 0 Å². The third-order valence-corrected chi connectivity index (χ3v) is 3.80. The van der Waals surface area contributed by atoms with E-state index >= 15 is 0 Å². The minimum atomic E-state index is 0.0366. The van der Waals surface area contributed by atoms with Gasteiger partial charge in [0.25, 0.3) is 0 Å². The normalized spacial score (nSPS) is 14.8. The summed E-state index contributed by atoms with van der Waals surface area (Å²) >= 11 is 0. The van der Waals surface area contributed by atoms with Crippen molar-refractivity contribution in [3.05, 3.63) is 54.4 Å². The summed E-state index contributed by atoms with van der Waals surface area (Å²) in [6.45, 7) is 3.42. The second-order valence-electron chi connectivity index (χ2n) is 5.40. The van der Waals surface area contributed by atoms with E-state index in [-0.39, 0.29) is 12.5 Å². The average Bonchev–Trinajstić information content (AvgIpc) is 2.63. The van der Waals surface area contributed by atoms with Crippen LogP contribution in [0, 0.1) is 0 Å². The van der Waals surface area contributed by atoms with Gasteiger partial charge in [0.05, 0.1) is 6.61 Å². The van der Waals surface area contributed by atoms with Crippen LogP contribution < -0.4 is 4.90 Å². The van der Waals surface area contributed by atoms with Crippen molar-refractivity contribution in [2.75, 3.05) is 37.7 Å². The predicted octanol–water partition coefficient (Wildman–Crippen LogP) is 1.34. The molecule has 0 radical (unpaired) electrons. The number of carbonyl (C=O) groups excluding carboxylic acids is 1. The van der Waals surface area contributed by atoms with Crippen molar-refractivity contribution in [3.8, 4) is 0 Å². The number of hydrogen-bond acceptors (Lipinski definition) is 5. The Hall–Kier alpha value is -2.47. The molecular weight excluding hydrogens is 292 g/mol. The van der Waals surface area contributed by atoms with Gasteiger partial charge < -0.3 is 14.5 Å². The first-order chi connectivity index (χ1) is 11.3. The highest BCUT2D eigenvalue weighted by molar-refractivity contribution is 5.77. The van der Waals surface area contributed by atoms with Gasteiger partial charge in [0, 0.05) is 38.6 Å². The Morgan fingerprint density at radius 2 is 1.70 bits per heavy atom. The molecule has 2 heterocycles. The molecule has 23 heavy (non-hydrogen) atoms. The molecule has 0 bridgehead atoms. The quantitative estimate of drug-likeness (QED) is 0.834. The molecule has 1 aliphatic rings. The lowest BCUT2D eigenvalue weighted by Crippen LogP contribution is -2.50. The third kappa shape index (κ3) is 4.26. The van der Waals surface area contributed by atoms with E-state index in [1.54, 1.807) is 18.5 Å². The molecule has 1 aromatic heterocycles. The topological polar surface area (TPSA) is 58.6 Å². The van der Waals surface area contributed by atoms with E-state index in [2.05, 4.69) is 14.9 Å². The highest BCUT2D eigenvalue weighted by Gasteiger charge is 2.22. The van der Waals surface area contributed by atoms with Crippen LogP contribution >= 0.6 is 0 Å². The molecule has 6 heteroatoms. The van der Waals surface area contributed by atoms with Crippen molar-refractivity contribution in [1.29, 1.82) is 0 Å². The van der Waals surface area contributed by atoms with Crippen LogP contribution in [0.5, 0.6) is 0 Å². The number of ether oxygens (including phenoxy) is 1. The number of hydrogen-bond donors (Lipinski definition) is 0. The first-order valence-electron chi connectivity index (χ1n) is 7.74. The van der Waals surface area contributed by atoms with E-state index in [4.69, 9.17) is 4.74 Å². The van der Waals surface area contributed by atoms with Crippen LogP contribution in [0.25, 0.3) is 0 Å². The van der Waals surface area contributed by atoms with Crippen molar-refractivity contribution in [2.45, 2.75) is 6.61 Å². The van der Waals surface area contributed by atoms with E-state index in [1.807, 2.05) is 35.2 Å². The molecule has 120 valence electrons. The minimum Gasteiger partial charge on any atom is -0.367 e. The molecule has 0 spiro atoms. The molecule has 0 atom stereocenters. The summed E-state index contributed by atoms with van der Waals surface area (Å²) in [5.74, 6) is 0.759. The zero-order valence-electron chi connectivity index (χ0n) is 13.0. The molecule has 1 aromatic carbocycles. The van der Waals surface area contributed by atoms with Crippen LogP contribution in [-0.2, 0) is 16.1 Å². The molecule has 6 nitrogen and oxygen atoms in total. The fourth-order valence-electron chi connectivity index (χ4n) is 2.53. The summed E-state index contributed by atoms with van der Waals surface area (Å²) in [5, 5.41) is 0. The minimum absolute atomic E-state index is 0.0366. The highest BCUT2D eigenvalue weighted by atomic mass is 16.5. The first-order valence-corrected chi connectivity index (χ1v) is 7.74. The molecule has 1 aliphatic heterocycles. The lowest BCUT2D eigenvalue weighted by molar-refractivity contribution is -0.136. The van der Waals surface area contributed by atoms with E-state index in [0.29, 0.717) is 19.7 Å². The van der Waals surface area contributed by atoms with E-state index < -0.39 is 0 Å². The Bertz CT molecular complexity index is 613. The molecule has 2 aromatic rings. The number of benzene rings is 1. The van der Waals surface area contributed by atoms with Crippen LogP contribution in [0.2, 0.25) is 0 Å². The van der Waals surface area contributed by atoms with E-state index in [0.717, 1.165) is 24.6 Å². The summed E-state index contributed by atoms with van der Waals surface area (Å²) in [4.78, 5) is 24.6. The van der Waals surface area contributed by atoms with Gasteiger partial charge in [-0.15, -0.1) is 0 Å². The Balaban J connectivity index is 1.41.